The van der Waals surface area contributed by atoms with E-state index in [0.717, 1.165) is 17.7 Å². The number of rotatable bonds is 9. The molecule has 0 spiro atoms. The molecule has 0 fully saturated rings. The Hall–Kier alpha value is -1.59. The fourth-order valence-corrected chi connectivity index (χ4v) is 1.97. The van der Waals surface area contributed by atoms with E-state index < -0.39 is 0 Å². The summed E-state index contributed by atoms with van der Waals surface area (Å²) in [6, 6.07) is 8.06. The van der Waals surface area contributed by atoms with Gasteiger partial charge in [0.25, 0.3) is 5.91 Å². The summed E-state index contributed by atoms with van der Waals surface area (Å²) in [5.74, 6) is 0.902. The summed E-state index contributed by atoms with van der Waals surface area (Å²) in [5.41, 5.74) is 1.10. The van der Waals surface area contributed by atoms with Gasteiger partial charge in [0.1, 0.15) is 11.8 Å². The molecule has 0 saturated heterocycles. The van der Waals surface area contributed by atoms with Crippen molar-refractivity contribution in [2.45, 2.75) is 19.4 Å². The molecule has 0 aliphatic carbocycles. The van der Waals surface area contributed by atoms with E-state index in [9.17, 15) is 4.79 Å². The van der Waals surface area contributed by atoms with Crippen molar-refractivity contribution < 1.29 is 19.6 Å². The fourth-order valence-electron chi connectivity index (χ4n) is 1.97. The van der Waals surface area contributed by atoms with E-state index in [4.69, 9.17) is 9.47 Å². The third kappa shape index (κ3) is 5.59. The van der Waals surface area contributed by atoms with Crippen LogP contribution in [0, 0.1) is 0 Å². The third-order valence-corrected chi connectivity index (χ3v) is 3.13. The van der Waals surface area contributed by atoms with E-state index in [1.165, 1.54) is 0 Å². The lowest BCUT2D eigenvalue weighted by molar-refractivity contribution is -0.682. The molecule has 20 heavy (non-hydrogen) atoms. The molecule has 0 aliphatic rings. The molecule has 3 N–H and O–H groups in total. The van der Waals surface area contributed by atoms with Crippen molar-refractivity contribution in [2.75, 3.05) is 33.9 Å². The van der Waals surface area contributed by atoms with Crippen LogP contribution in [-0.2, 0) is 9.53 Å². The van der Waals surface area contributed by atoms with Gasteiger partial charge in [0.15, 0.2) is 6.54 Å². The summed E-state index contributed by atoms with van der Waals surface area (Å²) in [7, 11) is 3.32. The van der Waals surface area contributed by atoms with Gasteiger partial charge in [-0.05, 0) is 25.5 Å². The van der Waals surface area contributed by atoms with E-state index in [-0.39, 0.29) is 11.9 Å². The average molecular weight is 281 g/mol. The predicted octanol–water partition coefficient (Wildman–Crippen LogP) is 0.472. The van der Waals surface area contributed by atoms with Crippen LogP contribution in [0.15, 0.2) is 24.3 Å². The molecule has 1 amide bonds. The van der Waals surface area contributed by atoms with Crippen molar-refractivity contribution in [3.05, 3.63) is 29.8 Å². The van der Waals surface area contributed by atoms with Crippen LogP contribution in [0.4, 0.5) is 0 Å². The van der Waals surface area contributed by atoms with Crippen LogP contribution in [0.1, 0.15) is 24.9 Å². The minimum Gasteiger partial charge on any atom is -0.496 e. The molecular weight excluding hydrogens is 256 g/mol. The molecule has 1 rings (SSSR count). The quantitative estimate of drug-likeness (QED) is 0.647. The van der Waals surface area contributed by atoms with Crippen molar-refractivity contribution >= 4 is 5.91 Å². The Morgan fingerprint density at radius 2 is 2.10 bits per heavy atom. The summed E-state index contributed by atoms with van der Waals surface area (Å²) in [6.45, 7) is 3.80. The molecule has 0 unspecified atom stereocenters. The SMILES string of the molecule is COCCCNC(=O)C[NH2+][C@H](C)c1ccccc1OC. The molecule has 1 aromatic rings. The van der Waals surface area contributed by atoms with Gasteiger partial charge in [-0.3, -0.25) is 4.79 Å². The summed E-state index contributed by atoms with van der Waals surface area (Å²) in [5, 5.41) is 4.87. The lowest BCUT2D eigenvalue weighted by Gasteiger charge is -2.14. The molecule has 1 aromatic carbocycles. The van der Waals surface area contributed by atoms with Crippen LogP contribution >= 0.6 is 0 Å². The highest BCUT2D eigenvalue weighted by Gasteiger charge is 2.14. The van der Waals surface area contributed by atoms with Crippen LogP contribution < -0.4 is 15.4 Å². The van der Waals surface area contributed by atoms with E-state index in [2.05, 4.69) is 12.2 Å². The first-order valence-corrected chi connectivity index (χ1v) is 6.91. The Morgan fingerprint density at radius 3 is 2.80 bits per heavy atom. The van der Waals surface area contributed by atoms with Crippen molar-refractivity contribution in [1.82, 2.24) is 5.32 Å². The van der Waals surface area contributed by atoms with Gasteiger partial charge < -0.3 is 20.1 Å². The highest BCUT2D eigenvalue weighted by Crippen LogP contribution is 2.21. The first-order valence-electron chi connectivity index (χ1n) is 6.91. The Balaban J connectivity index is 2.35. The number of hydrogen-bond acceptors (Lipinski definition) is 3. The van der Waals surface area contributed by atoms with Gasteiger partial charge in [-0.25, -0.2) is 0 Å². The van der Waals surface area contributed by atoms with Crippen LogP contribution in [-0.4, -0.2) is 39.8 Å². The van der Waals surface area contributed by atoms with E-state index in [1.54, 1.807) is 14.2 Å². The number of nitrogens with one attached hydrogen (secondary N) is 1. The maximum Gasteiger partial charge on any atom is 0.275 e. The summed E-state index contributed by atoms with van der Waals surface area (Å²) >= 11 is 0. The monoisotopic (exact) mass is 281 g/mol. The molecule has 0 bridgehead atoms. The van der Waals surface area contributed by atoms with Crippen molar-refractivity contribution in [2.24, 2.45) is 0 Å². The van der Waals surface area contributed by atoms with Crippen molar-refractivity contribution in [3.63, 3.8) is 0 Å². The smallest absolute Gasteiger partial charge is 0.275 e. The minimum absolute atomic E-state index is 0.0443. The number of ether oxygens (including phenoxy) is 2. The number of benzene rings is 1. The predicted molar refractivity (Wildman–Crippen MR) is 77.7 cm³/mol. The first kappa shape index (κ1) is 16.5. The minimum atomic E-state index is 0.0443. The maximum atomic E-state index is 11.7. The standard InChI is InChI=1S/C15H24N2O3/c1-12(13-7-4-5-8-14(13)20-3)17-11-15(18)16-9-6-10-19-2/h4-5,7-8,12,17H,6,9-11H2,1-3H3,(H,16,18)/p+1/t12-/m1/s1. The van der Waals surface area contributed by atoms with Gasteiger partial charge in [-0.2, -0.15) is 0 Å². The number of amides is 1. The molecule has 0 heterocycles. The van der Waals surface area contributed by atoms with Crippen molar-refractivity contribution in [1.29, 1.82) is 0 Å². The average Bonchev–Trinajstić information content (AvgIpc) is 2.49. The Kier molecular flexibility index (Phi) is 7.69. The summed E-state index contributed by atoms with van der Waals surface area (Å²) in [4.78, 5) is 11.7. The molecular formula is C15H25N2O3+. The highest BCUT2D eigenvalue weighted by molar-refractivity contribution is 5.76. The number of hydrogen-bond donors (Lipinski definition) is 2. The Morgan fingerprint density at radius 1 is 1.35 bits per heavy atom. The zero-order valence-electron chi connectivity index (χ0n) is 12.5. The van der Waals surface area contributed by atoms with Gasteiger partial charge in [0.05, 0.1) is 12.7 Å². The van der Waals surface area contributed by atoms with Gasteiger partial charge in [-0.1, -0.05) is 12.1 Å². The molecule has 0 aliphatic heterocycles. The lowest BCUT2D eigenvalue weighted by Crippen LogP contribution is -2.87. The van der Waals surface area contributed by atoms with Crippen LogP contribution in [0.3, 0.4) is 0 Å². The second kappa shape index (κ2) is 9.34. The molecule has 1 atom stereocenters. The molecule has 5 nitrogen and oxygen atoms in total. The zero-order chi connectivity index (χ0) is 14.8. The lowest BCUT2D eigenvalue weighted by atomic mass is 10.1. The number of para-hydroxylation sites is 1. The van der Waals surface area contributed by atoms with E-state index in [1.807, 2.05) is 29.6 Å². The molecule has 0 saturated carbocycles. The van der Waals surface area contributed by atoms with Gasteiger partial charge in [0.2, 0.25) is 0 Å². The zero-order valence-corrected chi connectivity index (χ0v) is 12.5. The maximum absolute atomic E-state index is 11.7. The largest absolute Gasteiger partial charge is 0.496 e. The second-order valence-electron chi connectivity index (χ2n) is 4.67. The van der Waals surface area contributed by atoms with Gasteiger partial charge in [0, 0.05) is 20.3 Å². The molecule has 0 radical (unpaired) electrons. The second-order valence-corrected chi connectivity index (χ2v) is 4.67. The molecule has 112 valence electrons. The van der Waals surface area contributed by atoms with E-state index in [0.29, 0.717) is 19.7 Å². The summed E-state index contributed by atoms with van der Waals surface area (Å²) < 4.78 is 10.3. The molecule has 5 heteroatoms. The third-order valence-electron chi connectivity index (χ3n) is 3.13. The van der Waals surface area contributed by atoms with Crippen LogP contribution in [0.2, 0.25) is 0 Å². The molecule has 0 aromatic heterocycles. The number of carbonyl (C=O) groups is 1. The van der Waals surface area contributed by atoms with E-state index >= 15 is 0 Å². The summed E-state index contributed by atoms with van der Waals surface area (Å²) in [6.07, 6.45) is 0.838. The van der Waals surface area contributed by atoms with Crippen LogP contribution in [0.5, 0.6) is 5.75 Å². The normalized spacial score (nSPS) is 11.9. The number of carbonyl (C=O) groups excluding carboxylic acids is 1. The topological polar surface area (TPSA) is 64.2 Å². The number of quaternary nitrogens is 1. The Labute approximate surface area is 120 Å². The fraction of sp³-hybridized carbons (Fsp3) is 0.533. The number of methoxy groups -OCH3 is 2. The first-order chi connectivity index (χ1) is 9.69. The van der Waals surface area contributed by atoms with Crippen LogP contribution in [0.25, 0.3) is 0 Å². The highest BCUT2D eigenvalue weighted by atomic mass is 16.5. The number of nitrogens with two attached hydrogens (primary N) is 1. The Bertz CT molecular complexity index is 410. The van der Waals surface area contributed by atoms with Gasteiger partial charge in [-0.15, -0.1) is 0 Å². The van der Waals surface area contributed by atoms with Crippen molar-refractivity contribution in [3.8, 4) is 5.75 Å². The van der Waals surface area contributed by atoms with Gasteiger partial charge >= 0.3 is 0 Å².